The van der Waals surface area contributed by atoms with Crippen molar-refractivity contribution in [3.63, 3.8) is 0 Å². The van der Waals surface area contributed by atoms with Crippen molar-refractivity contribution >= 4 is 22.6 Å². The second-order valence-corrected chi connectivity index (χ2v) is 6.19. The maximum atomic E-state index is 13.4. The van der Waals surface area contributed by atoms with Gasteiger partial charge in [-0.15, -0.1) is 0 Å². The first-order valence-corrected chi connectivity index (χ1v) is 7.94. The molecule has 2 aromatic rings. The number of benzene rings is 2. The molecular weight excluding hydrogens is 364 g/mol. The summed E-state index contributed by atoms with van der Waals surface area (Å²) in [7, 11) is 0. The van der Waals surface area contributed by atoms with E-state index in [1.165, 1.54) is 9.13 Å². The molecule has 1 atom stereocenters. The number of nitrogens with one attached hydrogen (secondary N) is 1. The molecule has 3 heteroatoms. The lowest BCUT2D eigenvalue weighted by Gasteiger charge is -2.20. The Morgan fingerprint density at radius 2 is 1.75 bits per heavy atom. The van der Waals surface area contributed by atoms with Gasteiger partial charge in [-0.05, 0) is 77.4 Å². The van der Waals surface area contributed by atoms with Gasteiger partial charge in [0.1, 0.15) is 5.82 Å². The molecule has 0 spiro atoms. The lowest BCUT2D eigenvalue weighted by molar-refractivity contribution is 0.590. The number of aryl methyl sites for hydroxylation is 1. The third kappa shape index (κ3) is 3.79. The molecule has 0 radical (unpaired) electrons. The van der Waals surface area contributed by atoms with Crippen LogP contribution in [0.5, 0.6) is 0 Å². The molecule has 0 bridgehead atoms. The van der Waals surface area contributed by atoms with Crippen LogP contribution >= 0.6 is 22.6 Å². The van der Waals surface area contributed by atoms with Crippen molar-refractivity contribution in [2.75, 3.05) is 6.54 Å². The van der Waals surface area contributed by atoms with Crippen molar-refractivity contribution in [1.29, 1.82) is 0 Å². The average molecular weight is 383 g/mol. The Kier molecular flexibility index (Phi) is 5.54. The maximum Gasteiger partial charge on any atom is 0.126 e. The van der Waals surface area contributed by atoms with Gasteiger partial charge in [0.15, 0.2) is 0 Å². The van der Waals surface area contributed by atoms with Gasteiger partial charge < -0.3 is 5.32 Å². The third-order valence-corrected chi connectivity index (χ3v) is 4.04. The van der Waals surface area contributed by atoms with Crippen molar-refractivity contribution < 1.29 is 4.39 Å². The zero-order chi connectivity index (χ0) is 14.5. The van der Waals surface area contributed by atoms with Gasteiger partial charge in [0.2, 0.25) is 0 Å². The Morgan fingerprint density at radius 1 is 1.10 bits per heavy atom. The normalized spacial score (nSPS) is 12.4. The molecule has 20 heavy (non-hydrogen) atoms. The molecule has 0 aliphatic carbocycles. The Balaban J connectivity index is 2.35. The molecule has 0 aromatic heterocycles. The molecule has 1 nitrogen and oxygen atoms in total. The van der Waals surface area contributed by atoms with Gasteiger partial charge in [-0.3, -0.25) is 0 Å². The van der Waals surface area contributed by atoms with Gasteiger partial charge in [0.25, 0.3) is 0 Å². The molecule has 0 heterocycles. The zero-order valence-corrected chi connectivity index (χ0v) is 13.9. The molecule has 2 aromatic carbocycles. The van der Waals surface area contributed by atoms with Gasteiger partial charge in [0.05, 0.1) is 6.04 Å². The van der Waals surface area contributed by atoms with E-state index in [1.807, 2.05) is 19.1 Å². The minimum absolute atomic E-state index is 0.117. The van der Waals surface area contributed by atoms with Crippen molar-refractivity contribution in [2.45, 2.75) is 26.3 Å². The molecular formula is C17H19FIN. The van der Waals surface area contributed by atoms with E-state index in [0.29, 0.717) is 5.56 Å². The third-order valence-electron chi connectivity index (χ3n) is 3.32. The fraction of sp³-hybridized carbons (Fsp3) is 0.294. The predicted octanol–water partition coefficient (Wildman–Crippen LogP) is 4.83. The Bertz CT molecular complexity index is 566. The molecule has 0 saturated carbocycles. The monoisotopic (exact) mass is 383 g/mol. The van der Waals surface area contributed by atoms with Gasteiger partial charge in [-0.25, -0.2) is 4.39 Å². The Hall–Kier alpha value is -0.940. The first-order chi connectivity index (χ1) is 9.61. The molecule has 2 rings (SSSR count). The highest BCUT2D eigenvalue weighted by molar-refractivity contribution is 14.1. The molecule has 1 unspecified atom stereocenters. The molecule has 0 fully saturated rings. The summed E-state index contributed by atoms with van der Waals surface area (Å²) in [6.07, 6.45) is 1.07. The van der Waals surface area contributed by atoms with E-state index >= 15 is 0 Å². The number of halogens is 2. The highest BCUT2D eigenvalue weighted by Gasteiger charge is 2.14. The number of hydrogen-bond acceptors (Lipinski definition) is 1. The van der Waals surface area contributed by atoms with Crippen LogP contribution < -0.4 is 5.32 Å². The topological polar surface area (TPSA) is 12.0 Å². The van der Waals surface area contributed by atoms with Gasteiger partial charge in [-0.1, -0.05) is 31.2 Å². The summed E-state index contributed by atoms with van der Waals surface area (Å²) >= 11 is 2.30. The standard InChI is InChI=1S/C17H19FIN/c1-3-10-20-17(13-4-7-15(19)8-5-13)14-6-9-16(18)12(2)11-14/h4-9,11,17,20H,3,10H2,1-2H3. The zero-order valence-electron chi connectivity index (χ0n) is 11.8. The van der Waals surface area contributed by atoms with E-state index in [9.17, 15) is 4.39 Å². The molecule has 0 saturated heterocycles. The van der Waals surface area contributed by atoms with Crippen LogP contribution in [0.15, 0.2) is 42.5 Å². The summed E-state index contributed by atoms with van der Waals surface area (Å²) in [5.41, 5.74) is 3.01. The second kappa shape index (κ2) is 7.18. The van der Waals surface area contributed by atoms with Crippen LogP contribution in [0.4, 0.5) is 4.39 Å². The van der Waals surface area contributed by atoms with E-state index in [2.05, 4.69) is 59.1 Å². The van der Waals surface area contributed by atoms with Crippen molar-refractivity contribution in [3.8, 4) is 0 Å². The van der Waals surface area contributed by atoms with E-state index in [4.69, 9.17) is 0 Å². The van der Waals surface area contributed by atoms with Crippen molar-refractivity contribution in [2.24, 2.45) is 0 Å². The van der Waals surface area contributed by atoms with Crippen LogP contribution in [0.1, 0.15) is 36.1 Å². The largest absolute Gasteiger partial charge is 0.306 e. The smallest absolute Gasteiger partial charge is 0.126 e. The molecule has 0 aliphatic rings. The van der Waals surface area contributed by atoms with Crippen molar-refractivity contribution in [3.05, 3.63) is 68.5 Å². The first-order valence-electron chi connectivity index (χ1n) is 6.86. The summed E-state index contributed by atoms with van der Waals surface area (Å²) in [6.45, 7) is 4.89. The SMILES string of the molecule is CCCNC(c1ccc(I)cc1)c1ccc(F)c(C)c1. The van der Waals surface area contributed by atoms with Crippen LogP contribution in [0.3, 0.4) is 0 Å². The summed E-state index contributed by atoms with van der Waals surface area (Å²) < 4.78 is 14.7. The van der Waals surface area contributed by atoms with Crippen LogP contribution in [0.2, 0.25) is 0 Å². The summed E-state index contributed by atoms with van der Waals surface area (Å²) in [6, 6.07) is 13.9. The number of rotatable bonds is 5. The van der Waals surface area contributed by atoms with Crippen LogP contribution in [0, 0.1) is 16.3 Å². The van der Waals surface area contributed by atoms with Crippen LogP contribution in [-0.2, 0) is 0 Å². The molecule has 0 amide bonds. The van der Waals surface area contributed by atoms with Gasteiger partial charge in [0, 0.05) is 3.57 Å². The quantitative estimate of drug-likeness (QED) is 0.730. The minimum Gasteiger partial charge on any atom is -0.306 e. The number of hydrogen-bond donors (Lipinski definition) is 1. The van der Waals surface area contributed by atoms with Crippen LogP contribution in [0.25, 0.3) is 0 Å². The summed E-state index contributed by atoms with van der Waals surface area (Å²) in [5, 5.41) is 3.54. The van der Waals surface area contributed by atoms with E-state index in [1.54, 1.807) is 6.07 Å². The molecule has 106 valence electrons. The first kappa shape index (κ1) is 15.4. The van der Waals surface area contributed by atoms with E-state index in [0.717, 1.165) is 18.5 Å². The average Bonchev–Trinajstić information content (AvgIpc) is 2.45. The Morgan fingerprint density at radius 3 is 2.35 bits per heavy atom. The minimum atomic E-state index is -0.148. The highest BCUT2D eigenvalue weighted by atomic mass is 127. The van der Waals surface area contributed by atoms with Crippen LogP contribution in [-0.4, -0.2) is 6.54 Å². The Labute approximate surface area is 133 Å². The van der Waals surface area contributed by atoms with Crippen molar-refractivity contribution in [1.82, 2.24) is 5.32 Å². The lowest BCUT2D eigenvalue weighted by atomic mass is 9.97. The second-order valence-electron chi connectivity index (χ2n) is 4.95. The molecule has 1 N–H and O–H groups in total. The summed E-state index contributed by atoms with van der Waals surface area (Å²) in [4.78, 5) is 0. The van der Waals surface area contributed by atoms with E-state index in [-0.39, 0.29) is 11.9 Å². The fourth-order valence-electron chi connectivity index (χ4n) is 2.22. The maximum absolute atomic E-state index is 13.4. The van der Waals surface area contributed by atoms with E-state index < -0.39 is 0 Å². The summed E-state index contributed by atoms with van der Waals surface area (Å²) in [5.74, 6) is -0.148. The predicted molar refractivity (Wildman–Crippen MR) is 90.4 cm³/mol. The fourth-order valence-corrected chi connectivity index (χ4v) is 2.58. The van der Waals surface area contributed by atoms with Gasteiger partial charge >= 0.3 is 0 Å². The highest BCUT2D eigenvalue weighted by Crippen LogP contribution is 2.24. The lowest BCUT2D eigenvalue weighted by Crippen LogP contribution is -2.23. The van der Waals surface area contributed by atoms with Gasteiger partial charge in [-0.2, -0.15) is 0 Å². The molecule has 0 aliphatic heterocycles.